The van der Waals surface area contributed by atoms with E-state index in [9.17, 15) is 5.11 Å². The van der Waals surface area contributed by atoms with Gasteiger partial charge in [0.05, 0.1) is 5.69 Å². The van der Waals surface area contributed by atoms with Crippen molar-refractivity contribution < 1.29 is 26.0 Å². The SMILES string of the molecule is Oc1c(C2CCCCCCCCCCC2)ccc(-c2ccccc2)c1C=Nc1ccccc1.[Cl][Zr][Cl]. The van der Waals surface area contributed by atoms with Gasteiger partial charge in [0.15, 0.2) is 0 Å². The van der Waals surface area contributed by atoms with Crippen LogP contribution in [0.5, 0.6) is 5.75 Å². The molecular weight excluding hydrogens is 564 g/mol. The van der Waals surface area contributed by atoms with E-state index in [4.69, 9.17) is 22.0 Å². The molecule has 2 nitrogen and oxygen atoms in total. The number of aliphatic imine (C=N–C) groups is 1. The average Bonchev–Trinajstić information content (AvgIpc) is 2.90. The number of hydrogen-bond acceptors (Lipinski definition) is 2. The Labute approximate surface area is 235 Å². The standard InChI is InChI=1S/C31H37NO.2ClH.Zr/c33-31-29(26-18-10-6-4-2-1-3-5-7-11-19-26)23-22-28(25-16-12-8-13-17-25)30(31)24-32-27-20-14-9-15-21-27;;;/h8-9,12-17,20-24,26,33H,1-7,10-11,18-19H2;2*1H;/q;;;+2/p-2. The summed E-state index contributed by atoms with van der Waals surface area (Å²) < 4.78 is 0. The number of nitrogens with zero attached hydrogens (tertiary/aromatic N) is 1. The molecule has 0 unspecified atom stereocenters. The first-order valence-electron chi connectivity index (χ1n) is 13.2. The van der Waals surface area contributed by atoms with Crippen LogP contribution in [0.15, 0.2) is 77.8 Å². The molecule has 0 aromatic heterocycles. The van der Waals surface area contributed by atoms with Crippen LogP contribution in [-0.2, 0) is 20.8 Å². The summed E-state index contributed by atoms with van der Waals surface area (Å²) in [5.41, 5.74) is 4.96. The number of rotatable bonds is 4. The molecule has 1 aliphatic carbocycles. The van der Waals surface area contributed by atoms with Crippen molar-refractivity contribution in [1.29, 1.82) is 0 Å². The Balaban J connectivity index is 0.00000115. The van der Waals surface area contributed by atoms with E-state index in [0.717, 1.165) is 40.8 Å². The summed E-state index contributed by atoms with van der Waals surface area (Å²) >= 11 is -0.826. The fourth-order valence-electron chi connectivity index (χ4n) is 5.08. The summed E-state index contributed by atoms with van der Waals surface area (Å²) in [6, 6.07) is 24.7. The Kier molecular flexibility index (Phi) is 13.9. The van der Waals surface area contributed by atoms with Crippen LogP contribution in [0.1, 0.15) is 87.7 Å². The van der Waals surface area contributed by atoms with Gasteiger partial charge in [-0.2, -0.15) is 0 Å². The Morgan fingerprint density at radius 1 is 0.694 bits per heavy atom. The summed E-state index contributed by atoms with van der Waals surface area (Å²) in [7, 11) is 9.87. The molecule has 0 aliphatic heterocycles. The van der Waals surface area contributed by atoms with Crippen molar-refractivity contribution in [1.82, 2.24) is 0 Å². The third-order valence-corrected chi connectivity index (χ3v) is 6.98. The third kappa shape index (κ3) is 9.48. The first kappa shape index (κ1) is 29.2. The van der Waals surface area contributed by atoms with Gasteiger partial charge in [0.25, 0.3) is 0 Å². The van der Waals surface area contributed by atoms with E-state index in [2.05, 4.69) is 24.3 Å². The number of phenolic OH excluding ortho intramolecular Hbond substituents is 1. The molecule has 5 heteroatoms. The number of hydrogen-bond donors (Lipinski definition) is 1. The minimum atomic E-state index is -0.826. The molecule has 0 amide bonds. The normalized spacial score (nSPS) is 15.8. The molecular formula is C31H37Cl2NOZr. The zero-order valence-electron chi connectivity index (χ0n) is 21.0. The van der Waals surface area contributed by atoms with Gasteiger partial charge in [-0.3, -0.25) is 4.99 Å². The summed E-state index contributed by atoms with van der Waals surface area (Å²) in [6.45, 7) is 0. The van der Waals surface area contributed by atoms with Gasteiger partial charge in [0, 0.05) is 11.8 Å². The molecule has 4 rings (SSSR count). The van der Waals surface area contributed by atoms with Crippen LogP contribution >= 0.6 is 17.0 Å². The van der Waals surface area contributed by atoms with Gasteiger partial charge < -0.3 is 5.11 Å². The number of benzene rings is 3. The van der Waals surface area contributed by atoms with Crippen LogP contribution in [0.4, 0.5) is 5.69 Å². The number of para-hydroxylation sites is 1. The van der Waals surface area contributed by atoms with Gasteiger partial charge in [-0.25, -0.2) is 0 Å². The van der Waals surface area contributed by atoms with Crippen molar-refractivity contribution in [2.24, 2.45) is 4.99 Å². The van der Waals surface area contributed by atoms with Gasteiger partial charge in [-0.15, -0.1) is 0 Å². The number of phenols is 1. The zero-order chi connectivity index (χ0) is 25.4. The summed E-state index contributed by atoms with van der Waals surface area (Å²) in [6.07, 6.45) is 16.1. The van der Waals surface area contributed by atoms with E-state index in [1.807, 2.05) is 54.7 Å². The van der Waals surface area contributed by atoms with E-state index in [-0.39, 0.29) is 0 Å². The van der Waals surface area contributed by atoms with Crippen LogP contribution in [0.2, 0.25) is 0 Å². The van der Waals surface area contributed by atoms with Crippen molar-refractivity contribution in [3.63, 3.8) is 0 Å². The van der Waals surface area contributed by atoms with Crippen LogP contribution < -0.4 is 0 Å². The van der Waals surface area contributed by atoms with Gasteiger partial charge in [-0.1, -0.05) is 118 Å². The molecule has 0 atom stereocenters. The maximum absolute atomic E-state index is 11.6. The second kappa shape index (κ2) is 17.2. The van der Waals surface area contributed by atoms with E-state index < -0.39 is 20.8 Å². The second-order valence-electron chi connectivity index (χ2n) is 9.45. The molecule has 0 heterocycles. The zero-order valence-corrected chi connectivity index (χ0v) is 25.0. The Hall–Kier alpha value is -1.41. The van der Waals surface area contributed by atoms with Crippen molar-refractivity contribution in [2.45, 2.75) is 76.5 Å². The van der Waals surface area contributed by atoms with E-state index >= 15 is 0 Å². The first-order chi connectivity index (χ1) is 17.7. The Morgan fingerprint density at radius 2 is 1.19 bits per heavy atom. The molecule has 0 saturated heterocycles. The molecule has 36 heavy (non-hydrogen) atoms. The number of halogens is 2. The predicted octanol–water partition coefficient (Wildman–Crippen LogP) is 10.6. The second-order valence-corrected chi connectivity index (χ2v) is 13.2. The summed E-state index contributed by atoms with van der Waals surface area (Å²) in [4.78, 5) is 4.71. The van der Waals surface area contributed by atoms with Gasteiger partial charge in [-0.05, 0) is 47.6 Å². The van der Waals surface area contributed by atoms with E-state index in [0.29, 0.717) is 11.7 Å². The first-order valence-corrected chi connectivity index (χ1v) is 19.5. The topological polar surface area (TPSA) is 32.6 Å². The van der Waals surface area contributed by atoms with Crippen LogP contribution in [0, 0.1) is 0 Å². The monoisotopic (exact) mass is 599 g/mol. The molecule has 1 N–H and O–H groups in total. The van der Waals surface area contributed by atoms with Crippen molar-refractivity contribution in [3.05, 3.63) is 83.9 Å². The van der Waals surface area contributed by atoms with Gasteiger partial charge in [0.1, 0.15) is 5.75 Å². The number of aromatic hydroxyl groups is 1. The van der Waals surface area contributed by atoms with Crippen molar-refractivity contribution in [3.8, 4) is 16.9 Å². The molecule has 0 bridgehead atoms. The summed E-state index contributed by atoms with van der Waals surface area (Å²) in [5, 5.41) is 11.6. The van der Waals surface area contributed by atoms with E-state index in [1.165, 1.54) is 57.8 Å². The fraction of sp³-hybridized carbons (Fsp3) is 0.387. The fourth-order valence-corrected chi connectivity index (χ4v) is 5.08. The Bertz CT molecular complexity index is 1030. The van der Waals surface area contributed by atoms with E-state index in [1.54, 1.807) is 0 Å². The molecule has 1 aliphatic rings. The molecule has 0 spiro atoms. The molecule has 190 valence electrons. The summed E-state index contributed by atoms with van der Waals surface area (Å²) in [5.74, 6) is 0.825. The third-order valence-electron chi connectivity index (χ3n) is 6.98. The quantitative estimate of drug-likeness (QED) is 0.297. The van der Waals surface area contributed by atoms with Gasteiger partial charge >= 0.3 is 37.9 Å². The molecule has 3 aromatic carbocycles. The van der Waals surface area contributed by atoms with Crippen molar-refractivity contribution in [2.75, 3.05) is 0 Å². The minimum absolute atomic E-state index is 0.410. The molecule has 3 aromatic rings. The van der Waals surface area contributed by atoms with Crippen LogP contribution in [-0.4, -0.2) is 11.3 Å². The molecule has 1 saturated carbocycles. The van der Waals surface area contributed by atoms with Crippen LogP contribution in [0.25, 0.3) is 11.1 Å². The average molecular weight is 602 g/mol. The molecule has 1 fully saturated rings. The maximum atomic E-state index is 11.6. The van der Waals surface area contributed by atoms with Crippen LogP contribution in [0.3, 0.4) is 0 Å². The predicted molar refractivity (Wildman–Crippen MR) is 152 cm³/mol. The van der Waals surface area contributed by atoms with Crippen molar-refractivity contribution >= 4 is 28.9 Å². The van der Waals surface area contributed by atoms with Gasteiger partial charge in [0.2, 0.25) is 0 Å². The molecule has 0 radical (unpaired) electrons. The Morgan fingerprint density at radius 3 is 1.75 bits per heavy atom.